The highest BCUT2D eigenvalue weighted by Crippen LogP contribution is 1.90. The molecule has 0 heterocycles. The van der Waals surface area contributed by atoms with E-state index >= 15 is 0 Å². The standard InChI is InChI=1S/C5H9ClO2/c6-3-1-2-4-8-5-7/h5H,1-4H2. The normalized spacial score (nSPS) is 8.62. The quantitative estimate of drug-likeness (QED) is 0.322. The molecule has 0 saturated carbocycles. The minimum absolute atomic E-state index is 0.453. The molecule has 3 heteroatoms. The van der Waals surface area contributed by atoms with E-state index in [1.807, 2.05) is 0 Å². The molecule has 0 atom stereocenters. The van der Waals surface area contributed by atoms with Gasteiger partial charge in [0.1, 0.15) is 0 Å². The summed E-state index contributed by atoms with van der Waals surface area (Å²) in [6.07, 6.45) is 1.78. The van der Waals surface area contributed by atoms with Gasteiger partial charge in [0.15, 0.2) is 0 Å². The first-order chi connectivity index (χ1) is 3.91. The van der Waals surface area contributed by atoms with Gasteiger partial charge in [-0.3, -0.25) is 4.79 Å². The maximum absolute atomic E-state index is 9.51. The van der Waals surface area contributed by atoms with Crippen LogP contribution in [0.3, 0.4) is 0 Å². The second kappa shape index (κ2) is 6.76. The van der Waals surface area contributed by atoms with Crippen molar-refractivity contribution in [3.63, 3.8) is 0 Å². The summed E-state index contributed by atoms with van der Waals surface area (Å²) in [6.45, 7) is 0.949. The van der Waals surface area contributed by atoms with Crippen LogP contribution in [0.1, 0.15) is 12.8 Å². The Labute approximate surface area is 53.8 Å². The van der Waals surface area contributed by atoms with Crippen LogP contribution in [-0.2, 0) is 9.53 Å². The lowest BCUT2D eigenvalue weighted by Gasteiger charge is -1.92. The van der Waals surface area contributed by atoms with Gasteiger partial charge < -0.3 is 4.74 Å². The van der Waals surface area contributed by atoms with Crippen molar-refractivity contribution in [2.45, 2.75) is 12.8 Å². The Bertz CT molecular complexity index is 56.4. The molecule has 0 rings (SSSR count). The van der Waals surface area contributed by atoms with Gasteiger partial charge in [-0.1, -0.05) is 0 Å². The van der Waals surface area contributed by atoms with Gasteiger partial charge in [-0.15, -0.1) is 11.6 Å². The Morgan fingerprint density at radius 1 is 1.50 bits per heavy atom. The van der Waals surface area contributed by atoms with Crippen molar-refractivity contribution in [2.24, 2.45) is 0 Å². The number of carbonyl (C=O) groups excluding carboxylic acids is 1. The zero-order valence-electron chi connectivity index (χ0n) is 4.60. The van der Waals surface area contributed by atoms with Gasteiger partial charge in [0.25, 0.3) is 6.47 Å². The summed E-state index contributed by atoms with van der Waals surface area (Å²) in [5.41, 5.74) is 0. The third-order valence-corrected chi connectivity index (χ3v) is 0.981. The highest BCUT2D eigenvalue weighted by molar-refractivity contribution is 6.17. The molecule has 0 aliphatic rings. The largest absolute Gasteiger partial charge is 0.468 e. The van der Waals surface area contributed by atoms with Crippen molar-refractivity contribution in [1.29, 1.82) is 0 Å². The van der Waals surface area contributed by atoms with E-state index in [0.29, 0.717) is 19.0 Å². The van der Waals surface area contributed by atoms with Gasteiger partial charge in [-0.25, -0.2) is 0 Å². The fourth-order valence-corrected chi connectivity index (χ4v) is 0.517. The Hall–Kier alpha value is -0.240. The number of halogens is 1. The number of carbonyl (C=O) groups is 1. The van der Waals surface area contributed by atoms with Crippen molar-refractivity contribution in [2.75, 3.05) is 12.5 Å². The molecule has 0 aromatic rings. The predicted molar refractivity (Wildman–Crippen MR) is 32.0 cm³/mol. The second-order valence-corrected chi connectivity index (χ2v) is 1.74. The lowest BCUT2D eigenvalue weighted by Crippen LogP contribution is -1.90. The van der Waals surface area contributed by atoms with E-state index in [1.54, 1.807) is 0 Å². The minimum Gasteiger partial charge on any atom is -0.468 e. The van der Waals surface area contributed by atoms with Gasteiger partial charge in [-0.2, -0.15) is 0 Å². The van der Waals surface area contributed by atoms with Gasteiger partial charge in [-0.05, 0) is 12.8 Å². The van der Waals surface area contributed by atoms with Crippen LogP contribution >= 0.6 is 11.6 Å². The van der Waals surface area contributed by atoms with Crippen LogP contribution < -0.4 is 0 Å². The summed E-state index contributed by atoms with van der Waals surface area (Å²) < 4.78 is 4.40. The monoisotopic (exact) mass is 136 g/mol. The molecule has 0 aromatic carbocycles. The number of ether oxygens (including phenoxy) is 1. The molecule has 0 aromatic heterocycles. The second-order valence-electron chi connectivity index (χ2n) is 1.36. The van der Waals surface area contributed by atoms with E-state index in [4.69, 9.17) is 11.6 Å². The Kier molecular flexibility index (Phi) is 6.56. The van der Waals surface area contributed by atoms with Gasteiger partial charge in [0, 0.05) is 5.88 Å². The first kappa shape index (κ1) is 7.76. The van der Waals surface area contributed by atoms with E-state index < -0.39 is 0 Å². The maximum atomic E-state index is 9.51. The molecule has 0 aliphatic heterocycles. The summed E-state index contributed by atoms with van der Waals surface area (Å²) in [6, 6.07) is 0. The van der Waals surface area contributed by atoms with Crippen molar-refractivity contribution < 1.29 is 9.53 Å². The molecule has 2 nitrogen and oxygen atoms in total. The van der Waals surface area contributed by atoms with Crippen LogP contribution in [0.5, 0.6) is 0 Å². The lowest BCUT2D eigenvalue weighted by molar-refractivity contribution is -0.128. The van der Waals surface area contributed by atoms with E-state index in [-0.39, 0.29) is 0 Å². The molecule has 0 N–H and O–H groups in total. The summed E-state index contributed by atoms with van der Waals surface area (Å²) in [4.78, 5) is 9.51. The van der Waals surface area contributed by atoms with Crippen LogP contribution in [0.25, 0.3) is 0 Å². The topological polar surface area (TPSA) is 26.3 Å². The highest BCUT2D eigenvalue weighted by atomic mass is 35.5. The fourth-order valence-electron chi connectivity index (χ4n) is 0.328. The summed E-state index contributed by atoms with van der Waals surface area (Å²) in [5.74, 6) is 0.641. The molecule has 0 spiro atoms. The molecule has 0 unspecified atom stereocenters. The van der Waals surface area contributed by atoms with Gasteiger partial charge >= 0.3 is 0 Å². The molecule has 0 saturated heterocycles. The predicted octanol–water partition coefficient (Wildman–Crippen LogP) is 1.18. The smallest absolute Gasteiger partial charge is 0.293 e. The molecule has 48 valence electrons. The SMILES string of the molecule is O=COCCCCCl. The van der Waals surface area contributed by atoms with E-state index in [1.165, 1.54) is 0 Å². The number of alkyl halides is 1. The third kappa shape index (κ3) is 5.76. The average molecular weight is 137 g/mol. The van der Waals surface area contributed by atoms with E-state index in [9.17, 15) is 4.79 Å². The van der Waals surface area contributed by atoms with Crippen molar-refractivity contribution in [1.82, 2.24) is 0 Å². The fraction of sp³-hybridized carbons (Fsp3) is 0.800. The number of unbranched alkanes of at least 4 members (excludes halogenated alkanes) is 1. The van der Waals surface area contributed by atoms with E-state index in [2.05, 4.69) is 4.74 Å². The first-order valence-electron chi connectivity index (χ1n) is 2.53. The molecular weight excluding hydrogens is 128 g/mol. The van der Waals surface area contributed by atoms with Gasteiger partial charge in [0.2, 0.25) is 0 Å². The van der Waals surface area contributed by atoms with Crippen LogP contribution in [0, 0.1) is 0 Å². The zero-order chi connectivity index (χ0) is 6.24. The summed E-state index contributed by atoms with van der Waals surface area (Å²) >= 11 is 5.34. The molecule has 0 fully saturated rings. The minimum atomic E-state index is 0.453. The van der Waals surface area contributed by atoms with Crippen molar-refractivity contribution >= 4 is 18.1 Å². The summed E-state index contributed by atoms with van der Waals surface area (Å²) in [5, 5.41) is 0. The Morgan fingerprint density at radius 2 is 2.25 bits per heavy atom. The molecule has 0 amide bonds. The average Bonchev–Trinajstić information content (AvgIpc) is 1.81. The highest BCUT2D eigenvalue weighted by Gasteiger charge is 1.83. The Balaban J connectivity index is 2.62. The van der Waals surface area contributed by atoms with Crippen LogP contribution in [-0.4, -0.2) is 19.0 Å². The first-order valence-corrected chi connectivity index (χ1v) is 3.06. The molecular formula is C5H9ClO2. The number of hydrogen-bond donors (Lipinski definition) is 0. The van der Waals surface area contributed by atoms with Crippen LogP contribution in [0.4, 0.5) is 0 Å². The van der Waals surface area contributed by atoms with Crippen molar-refractivity contribution in [3.8, 4) is 0 Å². The zero-order valence-corrected chi connectivity index (χ0v) is 5.36. The molecule has 0 radical (unpaired) electrons. The third-order valence-electron chi connectivity index (χ3n) is 0.714. The number of hydrogen-bond acceptors (Lipinski definition) is 2. The Morgan fingerprint density at radius 3 is 2.75 bits per heavy atom. The maximum Gasteiger partial charge on any atom is 0.293 e. The summed E-state index contributed by atoms with van der Waals surface area (Å²) in [7, 11) is 0. The molecule has 0 aliphatic carbocycles. The lowest BCUT2D eigenvalue weighted by atomic mass is 10.4. The van der Waals surface area contributed by atoms with Crippen molar-refractivity contribution in [3.05, 3.63) is 0 Å². The molecule has 0 bridgehead atoms. The number of rotatable bonds is 5. The molecule has 8 heavy (non-hydrogen) atoms. The van der Waals surface area contributed by atoms with Crippen LogP contribution in [0.2, 0.25) is 0 Å². The van der Waals surface area contributed by atoms with Crippen LogP contribution in [0.15, 0.2) is 0 Å². The van der Waals surface area contributed by atoms with Gasteiger partial charge in [0.05, 0.1) is 6.61 Å². The van der Waals surface area contributed by atoms with E-state index in [0.717, 1.165) is 12.8 Å².